The van der Waals surface area contributed by atoms with Crippen LogP contribution in [0.3, 0.4) is 0 Å². The van der Waals surface area contributed by atoms with Crippen molar-refractivity contribution in [1.82, 2.24) is 10.3 Å². The Morgan fingerprint density at radius 2 is 1.88 bits per heavy atom. The van der Waals surface area contributed by atoms with Gasteiger partial charge in [-0.3, -0.25) is 4.79 Å². The Hall–Kier alpha value is -2.92. The van der Waals surface area contributed by atoms with Gasteiger partial charge in [-0.15, -0.1) is 0 Å². The minimum atomic E-state index is -0.322. The maximum Gasteiger partial charge on any atom is 0.249 e. The van der Waals surface area contributed by atoms with E-state index in [1.54, 1.807) is 18.2 Å². The molecule has 0 fully saturated rings. The van der Waals surface area contributed by atoms with Gasteiger partial charge >= 0.3 is 0 Å². The lowest BCUT2D eigenvalue weighted by Gasteiger charge is -2.05. The molecule has 0 aliphatic heterocycles. The second-order valence-corrected chi connectivity index (χ2v) is 6.09. The van der Waals surface area contributed by atoms with Crippen LogP contribution in [0, 0.1) is 13.8 Å². The normalized spacial score (nSPS) is 11.0. The molecule has 3 aromatic rings. The van der Waals surface area contributed by atoms with Gasteiger partial charge in [0.25, 0.3) is 0 Å². The number of benzene rings is 2. The Morgan fingerprint density at radius 1 is 1.12 bits per heavy atom. The number of aromatic nitrogens is 2. The molecule has 0 bridgehead atoms. The van der Waals surface area contributed by atoms with Crippen LogP contribution in [0.1, 0.15) is 16.7 Å². The van der Waals surface area contributed by atoms with Gasteiger partial charge < -0.3 is 5.32 Å². The number of hydrogen-bond acceptors (Lipinski definition) is 4. The molecule has 0 saturated carbocycles. The van der Waals surface area contributed by atoms with E-state index in [1.165, 1.54) is 6.08 Å². The number of aryl methyl sites for hydroxylation is 2. The van der Waals surface area contributed by atoms with E-state index in [2.05, 4.69) is 15.6 Å². The molecule has 3 rings (SSSR count). The van der Waals surface area contributed by atoms with Gasteiger partial charge in [0.15, 0.2) is 5.69 Å². The fourth-order valence-electron chi connectivity index (χ4n) is 2.34. The van der Waals surface area contributed by atoms with Crippen LogP contribution in [0.4, 0.5) is 5.82 Å². The van der Waals surface area contributed by atoms with Crippen molar-refractivity contribution >= 4 is 29.4 Å². The average Bonchev–Trinajstić information content (AvgIpc) is 3.04. The first kappa shape index (κ1) is 16.9. The number of hydrogen-bond donors (Lipinski definition) is 1. The summed E-state index contributed by atoms with van der Waals surface area (Å²) in [6, 6.07) is 13.2. The molecular weight excluding hydrogens is 338 g/mol. The van der Waals surface area contributed by atoms with Crippen LogP contribution < -0.4 is 5.32 Å². The minimum absolute atomic E-state index is 0.291. The minimum Gasteiger partial charge on any atom is -0.302 e. The van der Waals surface area contributed by atoms with E-state index < -0.39 is 0 Å². The Labute approximate surface area is 150 Å². The fourth-order valence-corrected chi connectivity index (χ4v) is 2.47. The second kappa shape index (κ2) is 7.32. The van der Waals surface area contributed by atoms with E-state index in [1.807, 2.05) is 44.2 Å². The summed E-state index contributed by atoms with van der Waals surface area (Å²) in [5, 5.41) is 11.1. The van der Waals surface area contributed by atoms with E-state index in [0.717, 1.165) is 22.3 Å². The van der Waals surface area contributed by atoms with Gasteiger partial charge in [0, 0.05) is 16.7 Å². The first-order chi connectivity index (χ1) is 12.0. The van der Waals surface area contributed by atoms with Crippen molar-refractivity contribution in [2.24, 2.45) is 0 Å². The smallest absolute Gasteiger partial charge is 0.249 e. The van der Waals surface area contributed by atoms with Crippen LogP contribution in [0.5, 0.6) is 0 Å². The lowest BCUT2D eigenvalue weighted by molar-refractivity contribution is -0.111. The zero-order chi connectivity index (χ0) is 17.8. The summed E-state index contributed by atoms with van der Waals surface area (Å²) in [5.41, 5.74) is 4.36. The van der Waals surface area contributed by atoms with Crippen molar-refractivity contribution in [3.63, 3.8) is 0 Å². The SMILES string of the molecule is Cc1ccc(C)c(-c2nonc2NC(=O)/C=C/c2ccc(Cl)cc2)c1. The van der Waals surface area contributed by atoms with E-state index in [-0.39, 0.29) is 5.91 Å². The van der Waals surface area contributed by atoms with Crippen LogP contribution >= 0.6 is 11.6 Å². The largest absolute Gasteiger partial charge is 0.302 e. The highest BCUT2D eigenvalue weighted by molar-refractivity contribution is 6.30. The topological polar surface area (TPSA) is 68.0 Å². The summed E-state index contributed by atoms with van der Waals surface area (Å²) in [6.45, 7) is 3.96. The zero-order valence-corrected chi connectivity index (χ0v) is 14.5. The van der Waals surface area contributed by atoms with Crippen LogP contribution in [0.15, 0.2) is 53.2 Å². The third-order valence-electron chi connectivity index (χ3n) is 3.68. The highest BCUT2D eigenvalue weighted by Gasteiger charge is 2.16. The van der Waals surface area contributed by atoms with Crippen LogP contribution in [0.25, 0.3) is 17.3 Å². The quantitative estimate of drug-likeness (QED) is 0.693. The highest BCUT2D eigenvalue weighted by atomic mass is 35.5. The lowest BCUT2D eigenvalue weighted by Crippen LogP contribution is -2.09. The number of nitrogens with one attached hydrogen (secondary N) is 1. The van der Waals surface area contributed by atoms with Gasteiger partial charge in [-0.25, -0.2) is 4.63 Å². The Kier molecular flexibility index (Phi) is 4.95. The van der Waals surface area contributed by atoms with Crippen LogP contribution in [-0.4, -0.2) is 16.2 Å². The van der Waals surface area contributed by atoms with E-state index >= 15 is 0 Å². The monoisotopic (exact) mass is 353 g/mol. The molecule has 0 unspecified atom stereocenters. The molecule has 0 saturated heterocycles. The summed E-state index contributed by atoms with van der Waals surface area (Å²) in [5.74, 6) is -0.0309. The van der Waals surface area contributed by atoms with E-state index in [4.69, 9.17) is 16.2 Å². The van der Waals surface area contributed by atoms with Crippen LogP contribution in [0.2, 0.25) is 5.02 Å². The molecule has 5 nitrogen and oxygen atoms in total. The second-order valence-electron chi connectivity index (χ2n) is 5.65. The van der Waals surface area contributed by atoms with Crippen molar-refractivity contribution in [3.05, 3.63) is 70.3 Å². The summed E-state index contributed by atoms with van der Waals surface area (Å²) in [4.78, 5) is 12.2. The first-order valence-corrected chi connectivity index (χ1v) is 8.05. The Morgan fingerprint density at radius 3 is 2.64 bits per heavy atom. The Bertz CT molecular complexity index is 930. The van der Waals surface area contributed by atoms with Crippen molar-refractivity contribution < 1.29 is 9.42 Å². The predicted octanol–water partition coefficient (Wildman–Crippen LogP) is 4.66. The molecular formula is C19H16ClN3O2. The number of halogens is 1. The number of carbonyl (C=O) groups excluding carboxylic acids is 1. The van der Waals surface area contributed by atoms with Crippen molar-refractivity contribution in [3.8, 4) is 11.3 Å². The van der Waals surface area contributed by atoms with Crippen molar-refractivity contribution in [2.45, 2.75) is 13.8 Å². The molecule has 1 aromatic heterocycles. The predicted molar refractivity (Wildman–Crippen MR) is 98.3 cm³/mol. The van der Waals surface area contributed by atoms with Gasteiger partial charge in [0.05, 0.1) is 0 Å². The molecule has 6 heteroatoms. The van der Waals surface area contributed by atoms with Gasteiger partial charge in [-0.2, -0.15) is 0 Å². The molecule has 2 aromatic carbocycles. The van der Waals surface area contributed by atoms with Gasteiger partial charge in [-0.05, 0) is 59.6 Å². The molecule has 0 atom stereocenters. The molecule has 1 amide bonds. The molecule has 0 aliphatic rings. The van der Waals surface area contributed by atoms with Gasteiger partial charge in [0.1, 0.15) is 0 Å². The number of rotatable bonds is 4. The van der Waals surface area contributed by atoms with E-state index in [9.17, 15) is 4.79 Å². The van der Waals surface area contributed by atoms with E-state index in [0.29, 0.717) is 16.5 Å². The third kappa shape index (κ3) is 4.14. The summed E-state index contributed by atoms with van der Waals surface area (Å²) in [7, 11) is 0. The molecule has 126 valence electrons. The van der Waals surface area contributed by atoms with Crippen molar-refractivity contribution in [1.29, 1.82) is 0 Å². The summed E-state index contributed by atoms with van der Waals surface area (Å²) < 4.78 is 4.82. The van der Waals surface area contributed by atoms with Gasteiger partial charge in [-0.1, -0.05) is 41.4 Å². The number of anilines is 1. The zero-order valence-electron chi connectivity index (χ0n) is 13.8. The molecule has 0 radical (unpaired) electrons. The number of amides is 1. The molecule has 0 aliphatic carbocycles. The summed E-state index contributed by atoms with van der Waals surface area (Å²) in [6.07, 6.45) is 3.11. The molecule has 1 heterocycles. The van der Waals surface area contributed by atoms with Crippen LogP contribution in [-0.2, 0) is 4.79 Å². The van der Waals surface area contributed by atoms with Crippen molar-refractivity contribution in [2.75, 3.05) is 5.32 Å². The number of nitrogens with zero attached hydrogens (tertiary/aromatic N) is 2. The maximum absolute atomic E-state index is 12.2. The summed E-state index contributed by atoms with van der Waals surface area (Å²) >= 11 is 5.84. The maximum atomic E-state index is 12.2. The fraction of sp³-hybridized carbons (Fsp3) is 0.105. The van der Waals surface area contributed by atoms with Gasteiger partial charge in [0.2, 0.25) is 11.7 Å². The average molecular weight is 354 g/mol. The lowest BCUT2D eigenvalue weighted by atomic mass is 10.0. The Balaban J connectivity index is 1.78. The number of carbonyl (C=O) groups is 1. The third-order valence-corrected chi connectivity index (χ3v) is 3.93. The highest BCUT2D eigenvalue weighted by Crippen LogP contribution is 2.28. The first-order valence-electron chi connectivity index (χ1n) is 7.68. The molecule has 0 spiro atoms. The molecule has 1 N–H and O–H groups in total. The standard InChI is InChI=1S/C19H16ClN3O2/c1-12-3-4-13(2)16(11-12)18-19(23-25-22-18)21-17(24)10-7-14-5-8-15(20)9-6-14/h3-11H,1-2H3,(H,21,23,24)/b10-7+. The molecule has 25 heavy (non-hydrogen) atoms.